The number of hydrogen-bond acceptors (Lipinski definition) is 7. The van der Waals surface area contributed by atoms with Crippen LogP contribution >= 0.6 is 7.60 Å². The van der Waals surface area contributed by atoms with E-state index in [1.807, 2.05) is 0 Å². The van der Waals surface area contributed by atoms with Crippen LogP contribution in [-0.4, -0.2) is 40.1 Å². The third kappa shape index (κ3) is 8.48. The molecule has 0 aliphatic heterocycles. The summed E-state index contributed by atoms with van der Waals surface area (Å²) in [4.78, 5) is 11.7. The fraction of sp³-hybridized carbons (Fsp3) is 0.857. The fourth-order valence-electron chi connectivity index (χ4n) is 3.57. The molecule has 1 heterocycles. The van der Waals surface area contributed by atoms with Crippen molar-refractivity contribution in [2.75, 3.05) is 13.2 Å². The van der Waals surface area contributed by atoms with Gasteiger partial charge in [-0.25, -0.2) is 0 Å². The highest BCUT2D eigenvalue weighted by Crippen LogP contribution is 2.54. The van der Waals surface area contributed by atoms with Crippen molar-refractivity contribution in [3.8, 4) is 0 Å². The maximum Gasteiger partial charge on any atom is 0.345 e. The summed E-state index contributed by atoms with van der Waals surface area (Å²) < 4.78 is 28.8. The summed E-state index contributed by atoms with van der Waals surface area (Å²) in [7, 11) is -3.83. The van der Waals surface area contributed by atoms with Crippen molar-refractivity contribution in [1.29, 1.82) is 0 Å². The Labute approximate surface area is 180 Å². The van der Waals surface area contributed by atoms with E-state index in [0.29, 0.717) is 23.6 Å². The molecule has 0 aliphatic carbocycles. The molecule has 0 radical (unpaired) electrons. The average Bonchev–Trinajstić information content (AvgIpc) is 3.09. The van der Waals surface area contributed by atoms with Crippen LogP contribution in [0.2, 0.25) is 0 Å². The molecule has 2 unspecified atom stereocenters. The lowest BCUT2D eigenvalue weighted by atomic mass is 9.75. The topological polar surface area (TPSA) is 112 Å². The summed E-state index contributed by atoms with van der Waals surface area (Å²) in [5.41, 5.74) is -1.08. The van der Waals surface area contributed by atoms with E-state index < -0.39 is 19.2 Å². The Balaban J connectivity index is 2.67. The van der Waals surface area contributed by atoms with Crippen LogP contribution in [0.4, 0.5) is 0 Å². The molecule has 0 bridgehead atoms. The Morgan fingerprint density at radius 2 is 1.67 bits per heavy atom. The molecule has 1 rings (SSSR count). The maximum atomic E-state index is 12.9. The molecule has 30 heavy (non-hydrogen) atoms. The second-order valence-corrected chi connectivity index (χ2v) is 10.8. The number of aromatic nitrogens is 2. The second kappa shape index (κ2) is 12.6. The highest BCUT2D eigenvalue weighted by molar-refractivity contribution is 7.55. The molecule has 0 saturated heterocycles. The molecule has 0 spiro atoms. The summed E-state index contributed by atoms with van der Waals surface area (Å²) in [5, 5.41) is 17.5. The number of rotatable bonds is 15. The Morgan fingerprint density at radius 3 is 2.17 bits per heavy atom. The highest BCUT2D eigenvalue weighted by Gasteiger charge is 2.42. The number of unbranched alkanes of at least 4 members (excludes halogenated alkanes) is 1. The molecule has 1 aromatic heterocycles. The quantitative estimate of drug-likeness (QED) is 0.277. The average molecular weight is 447 g/mol. The lowest BCUT2D eigenvalue weighted by Crippen LogP contribution is -2.25. The first-order valence-electron chi connectivity index (χ1n) is 11.0. The number of nitrogens with zero attached hydrogens (tertiary/aromatic N) is 2. The lowest BCUT2D eigenvalue weighted by Gasteiger charge is -2.30. The molecule has 0 aliphatic rings. The Bertz CT molecular complexity index is 675. The SMILES string of the molecule is CCCC(CCCCc1nnc(CC(C(=O)O)P(=O)(OCC)OCC)o1)C(C)(C)C. The van der Waals surface area contributed by atoms with Crippen molar-refractivity contribution in [3.05, 3.63) is 11.8 Å². The molecule has 0 aromatic carbocycles. The first-order chi connectivity index (χ1) is 14.1. The van der Waals surface area contributed by atoms with E-state index in [1.54, 1.807) is 13.8 Å². The maximum absolute atomic E-state index is 12.9. The van der Waals surface area contributed by atoms with E-state index in [-0.39, 0.29) is 25.5 Å². The van der Waals surface area contributed by atoms with Gasteiger partial charge in [0, 0.05) is 6.42 Å². The molecule has 8 nitrogen and oxygen atoms in total. The molecule has 1 aromatic rings. The van der Waals surface area contributed by atoms with Crippen molar-refractivity contribution < 1.29 is 27.9 Å². The van der Waals surface area contributed by atoms with Crippen LogP contribution in [0, 0.1) is 11.3 Å². The van der Waals surface area contributed by atoms with Gasteiger partial charge in [-0.15, -0.1) is 10.2 Å². The molecular weight excluding hydrogens is 407 g/mol. The third-order valence-electron chi connectivity index (χ3n) is 5.22. The monoisotopic (exact) mass is 446 g/mol. The van der Waals surface area contributed by atoms with Crippen molar-refractivity contribution in [2.24, 2.45) is 11.3 Å². The van der Waals surface area contributed by atoms with Gasteiger partial charge in [0.1, 0.15) is 0 Å². The van der Waals surface area contributed by atoms with Gasteiger partial charge in [0.25, 0.3) is 0 Å². The van der Waals surface area contributed by atoms with Crippen LogP contribution in [0.25, 0.3) is 0 Å². The van der Waals surface area contributed by atoms with Gasteiger partial charge in [0.05, 0.1) is 19.6 Å². The zero-order valence-electron chi connectivity index (χ0n) is 19.3. The van der Waals surface area contributed by atoms with Crippen molar-refractivity contribution in [3.63, 3.8) is 0 Å². The second-order valence-electron chi connectivity index (χ2n) is 8.62. The fourth-order valence-corrected chi connectivity index (χ4v) is 5.38. The lowest BCUT2D eigenvalue weighted by molar-refractivity contribution is -0.137. The van der Waals surface area contributed by atoms with E-state index in [2.05, 4.69) is 37.9 Å². The van der Waals surface area contributed by atoms with Gasteiger partial charge in [-0.2, -0.15) is 0 Å². The molecule has 9 heteroatoms. The predicted molar refractivity (Wildman–Crippen MR) is 116 cm³/mol. The molecule has 0 saturated carbocycles. The van der Waals surface area contributed by atoms with E-state index in [0.717, 1.165) is 19.3 Å². The number of aryl methyl sites for hydroxylation is 1. The van der Waals surface area contributed by atoms with Crippen LogP contribution in [0.15, 0.2) is 4.42 Å². The smallest absolute Gasteiger partial charge is 0.345 e. The zero-order chi connectivity index (χ0) is 22.8. The zero-order valence-corrected chi connectivity index (χ0v) is 20.2. The number of carbonyl (C=O) groups is 1. The summed E-state index contributed by atoms with van der Waals surface area (Å²) in [6.45, 7) is 12.5. The van der Waals surface area contributed by atoms with Crippen LogP contribution in [0.3, 0.4) is 0 Å². The standard InChI is InChI=1S/C21H39N2O6P/c1-7-12-16(21(4,5)6)13-10-11-14-18-22-23-19(29-18)15-17(20(24)25)30(26,27-8-2)28-9-3/h16-17H,7-15H2,1-6H3,(H,24,25). The third-order valence-corrected chi connectivity index (χ3v) is 7.62. The van der Waals surface area contributed by atoms with Gasteiger partial charge in [-0.1, -0.05) is 47.0 Å². The summed E-state index contributed by atoms with van der Waals surface area (Å²) in [6.07, 6.45) is 6.02. The van der Waals surface area contributed by atoms with Crippen molar-refractivity contribution in [1.82, 2.24) is 10.2 Å². The molecule has 1 N–H and O–H groups in total. The van der Waals surface area contributed by atoms with E-state index in [4.69, 9.17) is 13.5 Å². The summed E-state index contributed by atoms with van der Waals surface area (Å²) in [5.74, 6) is 0.0163. The number of hydrogen-bond donors (Lipinski definition) is 1. The minimum atomic E-state index is -3.83. The molecule has 0 amide bonds. The summed E-state index contributed by atoms with van der Waals surface area (Å²) in [6, 6.07) is 0. The van der Waals surface area contributed by atoms with E-state index >= 15 is 0 Å². The van der Waals surface area contributed by atoms with Gasteiger partial charge in [-0.3, -0.25) is 9.36 Å². The van der Waals surface area contributed by atoms with Crippen LogP contribution in [0.1, 0.15) is 85.4 Å². The van der Waals surface area contributed by atoms with Gasteiger partial charge in [0.15, 0.2) is 5.66 Å². The minimum absolute atomic E-state index is 0.0870. The minimum Gasteiger partial charge on any atom is -0.481 e. The molecule has 2 atom stereocenters. The van der Waals surface area contributed by atoms with Gasteiger partial charge >= 0.3 is 13.6 Å². The first kappa shape index (κ1) is 26.8. The number of carboxylic acid groups (broad SMARTS) is 1. The summed E-state index contributed by atoms with van der Waals surface area (Å²) >= 11 is 0. The van der Waals surface area contributed by atoms with E-state index in [1.165, 1.54) is 12.8 Å². The number of aliphatic carboxylic acids is 1. The Hall–Kier alpha value is -1.24. The molecule has 0 fully saturated rings. The van der Waals surface area contributed by atoms with Gasteiger partial charge in [-0.05, 0) is 38.0 Å². The van der Waals surface area contributed by atoms with Crippen LogP contribution < -0.4 is 0 Å². The van der Waals surface area contributed by atoms with Crippen LogP contribution in [-0.2, 0) is 31.2 Å². The largest absolute Gasteiger partial charge is 0.481 e. The molecular formula is C21H39N2O6P. The Morgan fingerprint density at radius 1 is 1.07 bits per heavy atom. The highest BCUT2D eigenvalue weighted by atomic mass is 31.2. The first-order valence-corrected chi connectivity index (χ1v) is 12.6. The number of carboxylic acids is 1. The van der Waals surface area contributed by atoms with Crippen LogP contribution in [0.5, 0.6) is 0 Å². The van der Waals surface area contributed by atoms with E-state index in [9.17, 15) is 14.5 Å². The van der Waals surface area contributed by atoms with Crippen molar-refractivity contribution >= 4 is 13.6 Å². The predicted octanol–water partition coefficient (Wildman–Crippen LogP) is 5.51. The Kier molecular flexibility index (Phi) is 11.2. The van der Waals surface area contributed by atoms with Gasteiger partial charge in [0.2, 0.25) is 11.8 Å². The molecule has 174 valence electrons. The van der Waals surface area contributed by atoms with Crippen molar-refractivity contribution in [2.45, 2.75) is 92.1 Å². The normalized spacial score (nSPS) is 14.6. The van der Waals surface area contributed by atoms with Gasteiger partial charge < -0.3 is 18.6 Å².